The van der Waals surface area contributed by atoms with Crippen LogP contribution in [-0.4, -0.2) is 21.0 Å². The average Bonchev–Trinajstić information content (AvgIpc) is 2.61. The van der Waals surface area contributed by atoms with Crippen LogP contribution in [0, 0.1) is 6.92 Å². The highest BCUT2D eigenvalue weighted by atomic mass is 35.6. The van der Waals surface area contributed by atoms with Crippen molar-refractivity contribution < 1.29 is 4.79 Å². The number of hydrogen-bond acceptors (Lipinski definition) is 2. The van der Waals surface area contributed by atoms with E-state index < -0.39 is 9.96 Å². The maximum Gasteiger partial charge on any atom is 0.253 e. The third-order valence-electron chi connectivity index (χ3n) is 3.91. The molecule has 0 aromatic heterocycles. The van der Waals surface area contributed by atoms with Crippen LogP contribution in [0.25, 0.3) is 0 Å². The van der Waals surface area contributed by atoms with E-state index in [4.69, 9.17) is 47.0 Å². The molecular formula is C19H20Cl3N3OS. The molecule has 0 spiro atoms. The van der Waals surface area contributed by atoms with E-state index in [2.05, 4.69) is 16.0 Å². The van der Waals surface area contributed by atoms with Gasteiger partial charge in [-0.25, -0.2) is 0 Å². The van der Waals surface area contributed by atoms with E-state index in [0.717, 1.165) is 23.2 Å². The van der Waals surface area contributed by atoms with Crippen LogP contribution in [0.3, 0.4) is 0 Å². The van der Waals surface area contributed by atoms with E-state index in [1.165, 1.54) is 0 Å². The van der Waals surface area contributed by atoms with Crippen molar-refractivity contribution in [3.8, 4) is 0 Å². The predicted octanol–water partition coefficient (Wildman–Crippen LogP) is 4.97. The van der Waals surface area contributed by atoms with Gasteiger partial charge in [0.05, 0.1) is 0 Å². The first-order chi connectivity index (χ1) is 12.7. The van der Waals surface area contributed by atoms with Crippen molar-refractivity contribution >= 4 is 63.7 Å². The van der Waals surface area contributed by atoms with E-state index in [1.807, 2.05) is 50.2 Å². The number of halogens is 3. The molecule has 2 aromatic rings. The first-order valence-electron chi connectivity index (χ1n) is 8.31. The van der Waals surface area contributed by atoms with Gasteiger partial charge < -0.3 is 16.0 Å². The third kappa shape index (κ3) is 6.25. The summed E-state index contributed by atoms with van der Waals surface area (Å²) in [6.45, 7) is 3.88. The lowest BCUT2D eigenvalue weighted by Gasteiger charge is -2.28. The Bertz CT molecular complexity index is 824. The summed E-state index contributed by atoms with van der Waals surface area (Å²) in [7, 11) is 0. The molecule has 8 heteroatoms. The molecule has 3 N–H and O–H groups in total. The Morgan fingerprint density at radius 1 is 1.07 bits per heavy atom. The van der Waals surface area contributed by atoms with Crippen molar-refractivity contribution in [1.82, 2.24) is 10.6 Å². The summed E-state index contributed by atoms with van der Waals surface area (Å²) >= 11 is 23.5. The maximum atomic E-state index is 12.6. The predicted molar refractivity (Wildman–Crippen MR) is 118 cm³/mol. The summed E-state index contributed by atoms with van der Waals surface area (Å²) in [4.78, 5) is 12.6. The summed E-state index contributed by atoms with van der Waals surface area (Å²) in [5.41, 5.74) is 3.26. The molecule has 0 heterocycles. The highest BCUT2D eigenvalue weighted by molar-refractivity contribution is 7.80. The van der Waals surface area contributed by atoms with Crippen LogP contribution in [0.4, 0.5) is 5.69 Å². The number of benzene rings is 2. The number of hydrogen-bond donors (Lipinski definition) is 3. The Hall–Kier alpha value is -1.53. The molecule has 2 aromatic carbocycles. The van der Waals surface area contributed by atoms with Gasteiger partial charge in [-0.2, -0.15) is 0 Å². The highest BCUT2D eigenvalue weighted by Gasteiger charge is 2.35. The van der Waals surface area contributed by atoms with E-state index in [0.29, 0.717) is 5.56 Å². The van der Waals surface area contributed by atoms with Crippen molar-refractivity contribution in [1.29, 1.82) is 0 Å². The number of anilines is 1. The summed E-state index contributed by atoms with van der Waals surface area (Å²) in [5, 5.41) is 8.87. The Balaban J connectivity index is 2.12. The van der Waals surface area contributed by atoms with Crippen molar-refractivity contribution in [3.05, 3.63) is 65.2 Å². The highest BCUT2D eigenvalue weighted by Crippen LogP contribution is 2.29. The lowest BCUT2D eigenvalue weighted by molar-refractivity contribution is 0.0934. The van der Waals surface area contributed by atoms with E-state index >= 15 is 0 Å². The van der Waals surface area contributed by atoms with Crippen molar-refractivity contribution in [3.63, 3.8) is 0 Å². The normalized spacial score (nSPS) is 12.2. The summed E-state index contributed by atoms with van der Waals surface area (Å²) in [6, 6.07) is 14.9. The van der Waals surface area contributed by atoms with E-state index in [9.17, 15) is 4.79 Å². The minimum Gasteiger partial charge on any atom is -0.339 e. The molecule has 0 saturated heterocycles. The SMILES string of the molecule is CCc1ccccc1NC(=S)NC(NC(=O)c1ccccc1C)C(Cl)(Cl)Cl. The zero-order valence-corrected chi connectivity index (χ0v) is 17.9. The zero-order valence-electron chi connectivity index (χ0n) is 14.9. The van der Waals surface area contributed by atoms with Gasteiger partial charge in [0.15, 0.2) is 5.11 Å². The number of carbonyl (C=O) groups excluding carboxylic acids is 1. The average molecular weight is 445 g/mol. The second kappa shape index (κ2) is 9.60. The number of amides is 1. The Kier molecular flexibility index (Phi) is 7.74. The Labute approximate surface area is 179 Å². The van der Waals surface area contributed by atoms with Gasteiger partial charge in [-0.05, 0) is 48.8 Å². The quantitative estimate of drug-likeness (QED) is 0.346. The molecule has 0 saturated carbocycles. The molecule has 0 aliphatic rings. The van der Waals surface area contributed by atoms with Crippen molar-refractivity contribution in [2.45, 2.75) is 30.2 Å². The van der Waals surface area contributed by atoms with Gasteiger partial charge in [-0.15, -0.1) is 0 Å². The summed E-state index contributed by atoms with van der Waals surface area (Å²) in [5.74, 6) is -0.367. The topological polar surface area (TPSA) is 53.2 Å². The van der Waals surface area contributed by atoms with Crippen LogP contribution in [0.1, 0.15) is 28.4 Å². The number of para-hydroxylation sites is 1. The molecule has 4 nitrogen and oxygen atoms in total. The van der Waals surface area contributed by atoms with Gasteiger partial charge in [0.25, 0.3) is 5.91 Å². The minimum atomic E-state index is -1.81. The van der Waals surface area contributed by atoms with Gasteiger partial charge in [0.2, 0.25) is 3.79 Å². The van der Waals surface area contributed by atoms with Crippen LogP contribution in [0.15, 0.2) is 48.5 Å². The first-order valence-corrected chi connectivity index (χ1v) is 9.85. The standard InChI is InChI=1S/C19H20Cl3N3OS/c1-3-13-9-5-7-11-15(13)23-18(27)25-17(19(20,21)22)24-16(26)14-10-6-4-8-12(14)2/h4-11,17H,3H2,1-2H3,(H,24,26)(H2,23,25,27). The molecular weight excluding hydrogens is 425 g/mol. The van der Waals surface area contributed by atoms with Crippen LogP contribution in [0.2, 0.25) is 0 Å². The second-order valence-corrected chi connectivity index (χ2v) is 8.65. The van der Waals surface area contributed by atoms with Crippen LogP contribution < -0.4 is 16.0 Å². The number of rotatable bonds is 5. The fraction of sp³-hybridized carbons (Fsp3) is 0.263. The van der Waals surface area contributed by atoms with Crippen molar-refractivity contribution in [2.75, 3.05) is 5.32 Å². The molecule has 1 atom stereocenters. The Morgan fingerprint density at radius 3 is 2.33 bits per heavy atom. The molecule has 0 aliphatic carbocycles. The monoisotopic (exact) mass is 443 g/mol. The Morgan fingerprint density at radius 2 is 1.70 bits per heavy atom. The third-order valence-corrected chi connectivity index (χ3v) is 4.79. The fourth-order valence-electron chi connectivity index (χ4n) is 2.48. The van der Waals surface area contributed by atoms with Crippen LogP contribution in [0.5, 0.6) is 0 Å². The van der Waals surface area contributed by atoms with Crippen LogP contribution in [-0.2, 0) is 6.42 Å². The fourth-order valence-corrected chi connectivity index (χ4v) is 3.03. The molecule has 0 fully saturated rings. The summed E-state index contributed by atoms with van der Waals surface area (Å²) < 4.78 is -1.81. The number of alkyl halides is 3. The van der Waals surface area contributed by atoms with Gasteiger partial charge in [0, 0.05) is 11.3 Å². The van der Waals surface area contributed by atoms with Crippen molar-refractivity contribution in [2.24, 2.45) is 0 Å². The van der Waals surface area contributed by atoms with Gasteiger partial charge in [0.1, 0.15) is 6.17 Å². The molecule has 1 amide bonds. The largest absolute Gasteiger partial charge is 0.339 e. The van der Waals surface area contributed by atoms with E-state index in [-0.39, 0.29) is 11.0 Å². The van der Waals surface area contributed by atoms with Crippen LogP contribution >= 0.6 is 47.0 Å². The lowest BCUT2D eigenvalue weighted by Crippen LogP contribution is -2.56. The molecule has 144 valence electrons. The van der Waals surface area contributed by atoms with Gasteiger partial charge >= 0.3 is 0 Å². The summed E-state index contributed by atoms with van der Waals surface area (Å²) in [6.07, 6.45) is -0.188. The lowest BCUT2D eigenvalue weighted by atomic mass is 10.1. The maximum absolute atomic E-state index is 12.6. The molecule has 0 radical (unpaired) electrons. The molecule has 27 heavy (non-hydrogen) atoms. The number of aryl methyl sites for hydroxylation is 2. The second-order valence-electron chi connectivity index (χ2n) is 5.87. The molecule has 1 unspecified atom stereocenters. The minimum absolute atomic E-state index is 0.234. The smallest absolute Gasteiger partial charge is 0.253 e. The van der Waals surface area contributed by atoms with Gasteiger partial charge in [-0.3, -0.25) is 4.79 Å². The van der Waals surface area contributed by atoms with Gasteiger partial charge in [-0.1, -0.05) is 78.1 Å². The molecule has 2 rings (SSSR count). The number of nitrogens with one attached hydrogen (secondary N) is 3. The number of carbonyl (C=O) groups is 1. The first kappa shape index (κ1) is 21.8. The zero-order chi connectivity index (χ0) is 20.0. The molecule has 0 aliphatic heterocycles. The number of thiocarbonyl (C=S) groups is 1. The molecule has 0 bridgehead atoms. The van der Waals surface area contributed by atoms with E-state index in [1.54, 1.807) is 12.1 Å².